The van der Waals surface area contributed by atoms with Crippen molar-refractivity contribution in [3.63, 3.8) is 0 Å². The number of carbonyl (C=O) groups excluding carboxylic acids is 1. The summed E-state index contributed by atoms with van der Waals surface area (Å²) in [5.74, 6) is 0.230. The highest BCUT2D eigenvalue weighted by atomic mass is 19.1. The smallest absolute Gasteiger partial charge is 0.309 e. The van der Waals surface area contributed by atoms with Gasteiger partial charge in [-0.15, -0.1) is 0 Å². The normalized spacial score (nSPS) is 20.7. The van der Waals surface area contributed by atoms with Crippen molar-refractivity contribution in [2.24, 2.45) is 5.92 Å². The molecule has 1 aliphatic carbocycles. The summed E-state index contributed by atoms with van der Waals surface area (Å²) in [4.78, 5) is 13.3. The Hall–Kier alpha value is -3.38. The van der Waals surface area contributed by atoms with Crippen molar-refractivity contribution in [2.75, 3.05) is 5.32 Å². The topological polar surface area (TPSA) is 56.8 Å². The van der Waals surface area contributed by atoms with Gasteiger partial charge in [-0.3, -0.25) is 4.79 Å². The van der Waals surface area contributed by atoms with E-state index in [0.29, 0.717) is 18.9 Å². The van der Waals surface area contributed by atoms with E-state index < -0.39 is 17.8 Å². The molecule has 1 N–H and O–H groups in total. The molecule has 3 aromatic carbocycles. The number of ether oxygens (including phenoxy) is 3. The summed E-state index contributed by atoms with van der Waals surface area (Å²) in [5, 5.41) is 3.41. The zero-order chi connectivity index (χ0) is 26.5. The summed E-state index contributed by atoms with van der Waals surface area (Å²) >= 11 is 0. The highest BCUT2D eigenvalue weighted by molar-refractivity contribution is 5.73. The molecule has 1 aliphatic heterocycles. The fourth-order valence-electron chi connectivity index (χ4n) is 5.35. The van der Waals surface area contributed by atoms with E-state index in [1.165, 1.54) is 18.6 Å². The van der Waals surface area contributed by atoms with Crippen LogP contribution < -0.4 is 10.1 Å². The molecule has 6 heteroatoms. The van der Waals surface area contributed by atoms with E-state index in [-0.39, 0.29) is 17.7 Å². The molecule has 0 radical (unpaired) electrons. The number of hydrogen-bond acceptors (Lipinski definition) is 5. The molecule has 0 aromatic heterocycles. The van der Waals surface area contributed by atoms with Crippen LogP contribution in [0.25, 0.3) is 0 Å². The first-order chi connectivity index (χ1) is 18.4. The predicted octanol–water partition coefficient (Wildman–Crippen LogP) is 7.36. The van der Waals surface area contributed by atoms with Gasteiger partial charge in [0.15, 0.2) is 6.10 Å². The third kappa shape index (κ3) is 6.18. The highest BCUT2D eigenvalue weighted by Gasteiger charge is 2.48. The van der Waals surface area contributed by atoms with Crippen LogP contribution in [0.3, 0.4) is 0 Å². The predicted molar refractivity (Wildman–Crippen MR) is 145 cm³/mol. The summed E-state index contributed by atoms with van der Waals surface area (Å²) in [6.45, 7) is 4.83. The van der Waals surface area contributed by atoms with E-state index in [9.17, 15) is 9.18 Å². The lowest BCUT2D eigenvalue weighted by atomic mass is 9.86. The van der Waals surface area contributed by atoms with E-state index in [4.69, 9.17) is 14.2 Å². The van der Waals surface area contributed by atoms with Crippen LogP contribution in [0.5, 0.6) is 5.75 Å². The monoisotopic (exact) mass is 517 g/mol. The Morgan fingerprint density at radius 3 is 2.45 bits per heavy atom. The highest BCUT2D eigenvalue weighted by Crippen LogP contribution is 2.45. The third-order valence-electron chi connectivity index (χ3n) is 7.51. The van der Waals surface area contributed by atoms with Crippen LogP contribution in [-0.4, -0.2) is 17.7 Å². The zero-order valence-electron chi connectivity index (χ0n) is 22.1. The van der Waals surface area contributed by atoms with Crippen molar-refractivity contribution in [2.45, 2.75) is 76.9 Å². The molecule has 3 aromatic rings. The first-order valence-electron chi connectivity index (χ1n) is 13.6. The maximum Gasteiger partial charge on any atom is 0.309 e. The average Bonchev–Trinajstić information content (AvgIpc) is 2.93. The molecule has 0 amide bonds. The minimum absolute atomic E-state index is 0.0700. The maximum atomic E-state index is 13.3. The molecule has 1 saturated carbocycles. The van der Waals surface area contributed by atoms with Gasteiger partial charge in [0.2, 0.25) is 0 Å². The number of nitrogens with one attached hydrogen (secondary N) is 1. The number of benzene rings is 3. The molecule has 5 nitrogen and oxygen atoms in total. The maximum absolute atomic E-state index is 13.3. The van der Waals surface area contributed by atoms with E-state index in [0.717, 1.165) is 48.1 Å². The van der Waals surface area contributed by atoms with Crippen LogP contribution in [-0.2, 0) is 27.4 Å². The number of anilines is 1. The molecular weight excluding hydrogens is 481 g/mol. The molecule has 0 spiro atoms. The van der Waals surface area contributed by atoms with Crippen LogP contribution in [0.4, 0.5) is 10.1 Å². The second-order valence-electron chi connectivity index (χ2n) is 10.8. The van der Waals surface area contributed by atoms with Crippen LogP contribution in [0.15, 0.2) is 72.8 Å². The number of carbonyl (C=O) groups is 1. The fraction of sp³-hybridized carbons (Fsp3) is 0.406. The molecule has 2 atom stereocenters. The third-order valence-corrected chi connectivity index (χ3v) is 7.51. The van der Waals surface area contributed by atoms with Gasteiger partial charge in [-0.05, 0) is 68.1 Å². The fourth-order valence-corrected chi connectivity index (χ4v) is 5.35. The van der Waals surface area contributed by atoms with Crippen molar-refractivity contribution in [1.29, 1.82) is 0 Å². The minimum Gasteiger partial charge on any atom is -0.483 e. The van der Waals surface area contributed by atoms with Gasteiger partial charge in [-0.25, -0.2) is 4.39 Å². The number of hydrogen-bond donors (Lipinski definition) is 1. The lowest BCUT2D eigenvalue weighted by Gasteiger charge is -2.44. The van der Waals surface area contributed by atoms with Crippen LogP contribution in [0.2, 0.25) is 0 Å². The Kier molecular flexibility index (Phi) is 7.98. The Morgan fingerprint density at radius 1 is 0.974 bits per heavy atom. The molecule has 1 heterocycles. The second-order valence-corrected chi connectivity index (χ2v) is 10.8. The SMILES string of the molecule is CC1(C)Oc2ccc(NCc3ccc(F)cc3)cc2C(OCc2ccccc2)C1OC(=O)C1CCCCC1. The molecule has 1 fully saturated rings. The van der Waals surface area contributed by atoms with Gasteiger partial charge in [0.05, 0.1) is 12.5 Å². The van der Waals surface area contributed by atoms with Gasteiger partial charge in [0.25, 0.3) is 0 Å². The largest absolute Gasteiger partial charge is 0.483 e. The number of halogens is 1. The van der Waals surface area contributed by atoms with Gasteiger partial charge in [0, 0.05) is 17.8 Å². The number of rotatable bonds is 8. The second kappa shape index (κ2) is 11.6. The standard InChI is InChI=1S/C32H36FNO4/c1-32(2)30(37-31(35)24-11-7-4-8-12-24)29(36-21-23-9-5-3-6-10-23)27-19-26(17-18-28(27)38-32)34-20-22-13-15-25(33)16-14-22/h3,5-6,9-10,13-19,24,29-30,34H,4,7-8,11-12,20-21H2,1-2H3. The first kappa shape index (κ1) is 26.2. The van der Waals surface area contributed by atoms with Crippen LogP contribution in [0.1, 0.15) is 68.7 Å². The summed E-state index contributed by atoms with van der Waals surface area (Å²) < 4.78 is 32.5. The average molecular weight is 518 g/mol. The molecule has 5 rings (SSSR count). The Labute approximate surface area is 224 Å². The first-order valence-corrected chi connectivity index (χ1v) is 13.6. The zero-order valence-corrected chi connectivity index (χ0v) is 22.1. The van der Waals surface area contributed by atoms with E-state index in [2.05, 4.69) is 5.32 Å². The molecule has 200 valence electrons. The lowest BCUT2D eigenvalue weighted by Crippen LogP contribution is -2.52. The molecule has 2 aliphatic rings. The molecule has 2 unspecified atom stereocenters. The Balaban J connectivity index is 1.41. The summed E-state index contributed by atoms with van der Waals surface area (Å²) in [6, 6.07) is 22.3. The van der Waals surface area contributed by atoms with Crippen molar-refractivity contribution in [3.05, 3.63) is 95.3 Å². The molecule has 0 saturated heterocycles. The summed E-state index contributed by atoms with van der Waals surface area (Å²) in [5.41, 5.74) is 2.95. The summed E-state index contributed by atoms with van der Waals surface area (Å²) in [7, 11) is 0. The van der Waals surface area contributed by atoms with Crippen LogP contribution >= 0.6 is 0 Å². The minimum atomic E-state index is -0.776. The Morgan fingerprint density at radius 2 is 1.71 bits per heavy atom. The van der Waals surface area contributed by atoms with Crippen molar-refractivity contribution < 1.29 is 23.4 Å². The van der Waals surface area contributed by atoms with Crippen molar-refractivity contribution >= 4 is 11.7 Å². The lowest BCUT2D eigenvalue weighted by molar-refractivity contribution is -0.190. The number of fused-ring (bicyclic) bond motifs is 1. The van der Waals surface area contributed by atoms with Crippen molar-refractivity contribution in [1.82, 2.24) is 0 Å². The summed E-state index contributed by atoms with van der Waals surface area (Å²) in [6.07, 6.45) is 3.92. The van der Waals surface area contributed by atoms with E-state index >= 15 is 0 Å². The van der Waals surface area contributed by atoms with Gasteiger partial charge in [0.1, 0.15) is 23.3 Å². The molecule has 0 bridgehead atoms. The van der Waals surface area contributed by atoms with Gasteiger partial charge in [-0.1, -0.05) is 61.7 Å². The Bertz CT molecular complexity index is 1220. The van der Waals surface area contributed by atoms with E-state index in [1.807, 2.05) is 62.4 Å². The van der Waals surface area contributed by atoms with Crippen molar-refractivity contribution in [3.8, 4) is 5.75 Å². The molecular formula is C32H36FNO4. The van der Waals surface area contributed by atoms with E-state index in [1.54, 1.807) is 12.1 Å². The quantitative estimate of drug-likeness (QED) is 0.316. The van der Waals surface area contributed by atoms with Gasteiger partial charge in [-0.2, -0.15) is 0 Å². The number of esters is 1. The van der Waals surface area contributed by atoms with Crippen LogP contribution in [0, 0.1) is 11.7 Å². The van der Waals surface area contributed by atoms with Gasteiger partial charge < -0.3 is 19.5 Å². The van der Waals surface area contributed by atoms with Gasteiger partial charge >= 0.3 is 5.97 Å². The molecule has 38 heavy (non-hydrogen) atoms.